The third-order valence-electron chi connectivity index (χ3n) is 5.88. The minimum atomic E-state index is 0.151. The van der Waals surface area contributed by atoms with Gasteiger partial charge in [0.1, 0.15) is 0 Å². The lowest BCUT2D eigenvalue weighted by atomic mass is 9.93. The van der Waals surface area contributed by atoms with E-state index in [4.69, 9.17) is 5.26 Å². The number of hydrogen-bond donors (Lipinski definition) is 0. The van der Waals surface area contributed by atoms with Crippen LogP contribution >= 0.6 is 0 Å². The van der Waals surface area contributed by atoms with Crippen molar-refractivity contribution in [3.8, 4) is 6.07 Å². The fourth-order valence-corrected chi connectivity index (χ4v) is 4.15. The lowest BCUT2D eigenvalue weighted by Crippen LogP contribution is -2.57. The number of hydrogen-bond acceptors (Lipinski definition) is 4. The molecule has 0 bridgehead atoms. The molecular weight excluding hydrogens is 324 g/mol. The fraction of sp³-hybridized carbons (Fsp3) is 0.619. The van der Waals surface area contributed by atoms with Crippen LogP contribution in [0, 0.1) is 17.2 Å². The van der Waals surface area contributed by atoms with E-state index < -0.39 is 0 Å². The van der Waals surface area contributed by atoms with E-state index in [1.54, 1.807) is 0 Å². The number of anilines is 1. The Hall–Kier alpha value is -2.06. The summed E-state index contributed by atoms with van der Waals surface area (Å²) in [5.41, 5.74) is 1.84. The van der Waals surface area contributed by atoms with Crippen molar-refractivity contribution < 1.29 is 4.79 Å². The normalized spacial score (nSPS) is 22.5. The first-order valence-corrected chi connectivity index (χ1v) is 9.79. The summed E-state index contributed by atoms with van der Waals surface area (Å²) in [4.78, 5) is 19.9. The van der Waals surface area contributed by atoms with Gasteiger partial charge in [0.15, 0.2) is 0 Å². The Kier molecular flexibility index (Phi) is 5.83. The van der Waals surface area contributed by atoms with Gasteiger partial charge in [-0.2, -0.15) is 5.26 Å². The van der Waals surface area contributed by atoms with Gasteiger partial charge in [-0.15, -0.1) is 0 Å². The van der Waals surface area contributed by atoms with Gasteiger partial charge in [0.25, 0.3) is 0 Å². The van der Waals surface area contributed by atoms with Crippen molar-refractivity contribution >= 4 is 11.6 Å². The Morgan fingerprint density at radius 1 is 1.12 bits per heavy atom. The maximum absolute atomic E-state index is 13.0. The molecule has 26 heavy (non-hydrogen) atoms. The smallest absolute Gasteiger partial charge is 0.226 e. The van der Waals surface area contributed by atoms with Gasteiger partial charge >= 0.3 is 0 Å². The zero-order chi connectivity index (χ0) is 18.7. The lowest BCUT2D eigenvalue weighted by Gasteiger charge is -2.44. The first kappa shape index (κ1) is 18.7. The number of amides is 1. The van der Waals surface area contributed by atoms with Crippen LogP contribution in [0.15, 0.2) is 24.3 Å². The summed E-state index contributed by atoms with van der Waals surface area (Å²) >= 11 is 0. The number of benzene rings is 1. The highest BCUT2D eigenvalue weighted by Crippen LogP contribution is 2.26. The number of nitrogens with zero attached hydrogens (tertiary/aromatic N) is 4. The van der Waals surface area contributed by atoms with E-state index in [1.807, 2.05) is 24.3 Å². The molecule has 0 aromatic heterocycles. The monoisotopic (exact) mass is 354 g/mol. The molecular formula is C21H30N4O. The molecule has 1 atom stereocenters. The van der Waals surface area contributed by atoms with E-state index in [-0.39, 0.29) is 5.92 Å². The van der Waals surface area contributed by atoms with Crippen LogP contribution in [-0.4, -0.2) is 60.5 Å². The van der Waals surface area contributed by atoms with Gasteiger partial charge in [0.05, 0.1) is 11.6 Å². The second-order valence-corrected chi connectivity index (χ2v) is 7.89. The molecule has 2 aliphatic rings. The van der Waals surface area contributed by atoms with E-state index in [1.165, 1.54) is 0 Å². The van der Waals surface area contributed by atoms with Gasteiger partial charge in [-0.3, -0.25) is 9.69 Å². The Bertz CT molecular complexity index is 656. The maximum atomic E-state index is 13.0. The van der Waals surface area contributed by atoms with E-state index in [0.717, 1.165) is 51.3 Å². The van der Waals surface area contributed by atoms with Gasteiger partial charge < -0.3 is 9.80 Å². The largest absolute Gasteiger partial charge is 0.371 e. The Morgan fingerprint density at radius 2 is 1.77 bits per heavy atom. The van der Waals surface area contributed by atoms with Crippen LogP contribution < -0.4 is 4.90 Å². The van der Waals surface area contributed by atoms with Crippen molar-refractivity contribution in [2.75, 3.05) is 37.6 Å². The number of carbonyl (C=O) groups excluding carboxylic acids is 1. The van der Waals surface area contributed by atoms with Gasteiger partial charge in [-0.05, 0) is 57.9 Å². The minimum absolute atomic E-state index is 0.151. The van der Waals surface area contributed by atoms with Gasteiger partial charge in [0.2, 0.25) is 5.91 Å². The summed E-state index contributed by atoms with van der Waals surface area (Å²) in [7, 11) is 0. The summed E-state index contributed by atoms with van der Waals surface area (Å²) in [6.45, 7) is 11.3. The van der Waals surface area contributed by atoms with Crippen molar-refractivity contribution in [1.82, 2.24) is 9.80 Å². The molecule has 0 saturated carbocycles. The molecule has 0 spiro atoms. The Labute approximate surface area is 157 Å². The number of piperidine rings is 1. The molecule has 2 aliphatic heterocycles. The average Bonchev–Trinajstić information content (AvgIpc) is 2.67. The second-order valence-electron chi connectivity index (χ2n) is 7.89. The van der Waals surface area contributed by atoms with Crippen LogP contribution in [0.1, 0.15) is 39.2 Å². The molecule has 140 valence electrons. The van der Waals surface area contributed by atoms with E-state index >= 15 is 0 Å². The molecule has 5 nitrogen and oxygen atoms in total. The standard InChI is InChI=1S/C21H30N4O/c1-16(2)24-12-13-25(17(3)15-24)21(26)19-8-10-23(11-9-19)20-6-4-18(14-22)5-7-20/h4-7,16-17,19H,8-13,15H2,1-3H3. The molecule has 1 amide bonds. The Morgan fingerprint density at radius 3 is 2.31 bits per heavy atom. The van der Waals surface area contributed by atoms with Crippen LogP contribution in [-0.2, 0) is 4.79 Å². The number of piperazine rings is 1. The van der Waals surface area contributed by atoms with Crippen molar-refractivity contribution in [2.24, 2.45) is 5.92 Å². The molecule has 2 heterocycles. The van der Waals surface area contributed by atoms with E-state index in [2.05, 4.69) is 41.5 Å². The van der Waals surface area contributed by atoms with Crippen molar-refractivity contribution in [2.45, 2.75) is 45.7 Å². The first-order valence-electron chi connectivity index (χ1n) is 9.79. The topological polar surface area (TPSA) is 50.6 Å². The van der Waals surface area contributed by atoms with E-state index in [0.29, 0.717) is 23.6 Å². The zero-order valence-corrected chi connectivity index (χ0v) is 16.2. The van der Waals surface area contributed by atoms with Crippen molar-refractivity contribution in [3.05, 3.63) is 29.8 Å². The number of rotatable bonds is 3. The molecule has 0 radical (unpaired) electrons. The third-order valence-corrected chi connectivity index (χ3v) is 5.88. The molecule has 2 fully saturated rings. The van der Waals surface area contributed by atoms with Crippen molar-refractivity contribution in [3.63, 3.8) is 0 Å². The highest BCUT2D eigenvalue weighted by molar-refractivity contribution is 5.79. The summed E-state index contributed by atoms with van der Waals surface area (Å²) in [5, 5.41) is 8.92. The summed E-state index contributed by atoms with van der Waals surface area (Å²) in [6.07, 6.45) is 1.83. The first-order chi connectivity index (χ1) is 12.5. The molecule has 3 rings (SSSR count). The van der Waals surface area contributed by atoms with Crippen LogP contribution in [0.4, 0.5) is 5.69 Å². The van der Waals surface area contributed by atoms with E-state index in [9.17, 15) is 4.79 Å². The molecule has 0 N–H and O–H groups in total. The van der Waals surface area contributed by atoms with Crippen LogP contribution in [0.25, 0.3) is 0 Å². The summed E-state index contributed by atoms with van der Waals surface area (Å²) in [6, 6.07) is 10.7. The van der Waals surface area contributed by atoms with Crippen LogP contribution in [0.5, 0.6) is 0 Å². The lowest BCUT2D eigenvalue weighted by molar-refractivity contribution is -0.141. The molecule has 0 aliphatic carbocycles. The van der Waals surface area contributed by atoms with Crippen LogP contribution in [0.2, 0.25) is 0 Å². The molecule has 1 aromatic rings. The molecule has 2 saturated heterocycles. The third kappa shape index (κ3) is 4.02. The molecule has 1 aromatic carbocycles. The highest BCUT2D eigenvalue weighted by Gasteiger charge is 2.34. The van der Waals surface area contributed by atoms with Gasteiger partial charge in [-0.1, -0.05) is 0 Å². The minimum Gasteiger partial charge on any atom is -0.371 e. The highest BCUT2D eigenvalue weighted by atomic mass is 16.2. The van der Waals surface area contributed by atoms with Gasteiger partial charge in [-0.25, -0.2) is 0 Å². The Balaban J connectivity index is 1.54. The zero-order valence-electron chi connectivity index (χ0n) is 16.2. The predicted octanol–water partition coefficient (Wildman–Crippen LogP) is 2.72. The number of carbonyl (C=O) groups is 1. The fourth-order valence-electron chi connectivity index (χ4n) is 4.15. The second kappa shape index (κ2) is 8.09. The summed E-state index contributed by atoms with van der Waals surface area (Å²) in [5.74, 6) is 0.498. The maximum Gasteiger partial charge on any atom is 0.226 e. The molecule has 5 heteroatoms. The SMILES string of the molecule is CC(C)N1CCN(C(=O)C2CCN(c3ccc(C#N)cc3)CC2)C(C)C1. The molecule has 1 unspecified atom stereocenters. The predicted molar refractivity (Wildman–Crippen MR) is 104 cm³/mol. The average molecular weight is 354 g/mol. The van der Waals surface area contributed by atoms with Crippen molar-refractivity contribution in [1.29, 1.82) is 5.26 Å². The van der Waals surface area contributed by atoms with Gasteiger partial charge in [0, 0.05) is 56.4 Å². The summed E-state index contributed by atoms with van der Waals surface area (Å²) < 4.78 is 0. The van der Waals surface area contributed by atoms with Crippen LogP contribution in [0.3, 0.4) is 0 Å². The number of nitriles is 1. The quantitative estimate of drug-likeness (QED) is 0.837.